The quantitative estimate of drug-likeness (QED) is 0.0144. The Hall–Kier alpha value is -9.66. The summed E-state index contributed by atoms with van der Waals surface area (Å²) in [7, 11) is 0. The topological polar surface area (TPSA) is 539 Å². The summed E-state index contributed by atoms with van der Waals surface area (Å²) in [6, 6.07) is 18.8. The van der Waals surface area contributed by atoms with E-state index in [1.54, 1.807) is 93.3 Å². The molecule has 36 nitrogen and oxygen atoms in total. The number of aliphatic hydroxyl groups is 5. The molecule has 0 radical (unpaired) electrons. The summed E-state index contributed by atoms with van der Waals surface area (Å²) in [5.41, 5.74) is 7.79. The highest BCUT2D eigenvalue weighted by atomic mass is 16.5. The van der Waals surface area contributed by atoms with Crippen LogP contribution in [0.5, 0.6) is 11.5 Å². The number of aromatic hydroxyl groups is 1. The first-order valence-electron chi connectivity index (χ1n) is 34.0. The van der Waals surface area contributed by atoms with E-state index in [-0.39, 0.29) is 148 Å². The number of hydrogen-bond donors (Lipinski definition) is 19. The van der Waals surface area contributed by atoms with Gasteiger partial charge in [-0.15, -0.1) is 0 Å². The smallest absolute Gasteiger partial charge is 0.344 e. The van der Waals surface area contributed by atoms with Crippen LogP contribution in [0, 0.1) is 0 Å². The van der Waals surface area contributed by atoms with Gasteiger partial charge in [0.15, 0.2) is 5.96 Å². The molecule has 0 spiro atoms. The Balaban J connectivity index is 1.37. The molecule has 0 aromatic heterocycles. The SMILES string of the molecule is CCC(=O)NCCNC(=O)/N=C(/N)NCCC[C@@H](NC(=O)[C@@H](c1ccccc1)c1cccc(OCCCCNC(=O)CCNC(=O)[C@H](CCC(=O)NC[C@H](O)[C@@H](O)[C@H](O)[C@H](O)CO)NC(=O)CN2CCN(CC(=O)O)CCN(CC(=O)O)CCN(CC(=O)O)CC2)c1)C(=O)NCc1ccc(O)cc1. The van der Waals surface area contributed by atoms with Crippen LogP contribution in [0.15, 0.2) is 83.9 Å². The summed E-state index contributed by atoms with van der Waals surface area (Å²) in [5, 5.41) is 112. The van der Waals surface area contributed by atoms with E-state index in [2.05, 4.69) is 52.8 Å². The number of guanidine groups is 1. The molecule has 3 aromatic rings. The van der Waals surface area contributed by atoms with Crippen LogP contribution in [0.4, 0.5) is 4.79 Å². The molecule has 103 heavy (non-hydrogen) atoms. The number of aliphatic carboxylic acids is 3. The van der Waals surface area contributed by atoms with E-state index in [0.29, 0.717) is 41.7 Å². The van der Waals surface area contributed by atoms with Crippen molar-refractivity contribution < 1.29 is 103 Å². The molecule has 4 rings (SSSR count). The van der Waals surface area contributed by atoms with E-state index >= 15 is 0 Å². The zero-order valence-corrected chi connectivity index (χ0v) is 57.8. The van der Waals surface area contributed by atoms with Crippen LogP contribution < -0.4 is 58.3 Å². The van der Waals surface area contributed by atoms with Crippen molar-refractivity contribution in [3.05, 3.63) is 95.6 Å². The molecular weight excluding hydrogens is 1350 g/mol. The van der Waals surface area contributed by atoms with Gasteiger partial charge >= 0.3 is 23.9 Å². The lowest BCUT2D eigenvalue weighted by Gasteiger charge is -2.33. The molecular formula is C67H101N15O21. The van der Waals surface area contributed by atoms with Crippen molar-refractivity contribution in [2.75, 3.05) is 131 Å². The van der Waals surface area contributed by atoms with Crippen molar-refractivity contribution >= 4 is 71.2 Å². The molecule has 1 aliphatic rings. The summed E-state index contributed by atoms with van der Waals surface area (Å²) in [6.07, 6.45) is -7.00. The monoisotopic (exact) mass is 1450 g/mol. The highest BCUT2D eigenvalue weighted by Gasteiger charge is 2.32. The highest BCUT2D eigenvalue weighted by molar-refractivity contribution is 5.93. The molecule has 570 valence electrons. The van der Waals surface area contributed by atoms with Crippen LogP contribution in [0.1, 0.15) is 80.9 Å². The van der Waals surface area contributed by atoms with Gasteiger partial charge in [-0.25, -0.2) is 4.79 Å². The first-order valence-corrected chi connectivity index (χ1v) is 34.0. The number of aliphatic hydroxyl groups excluding tert-OH is 5. The normalized spacial score (nSPS) is 15.7. The molecule has 3 aromatic carbocycles. The van der Waals surface area contributed by atoms with E-state index in [4.69, 9.17) is 15.6 Å². The number of unbranched alkanes of at least 4 members (excludes halogenated alkanes) is 1. The molecule has 7 atom stereocenters. The maximum atomic E-state index is 14.6. The average Bonchev–Trinajstić information content (AvgIpc) is 0.818. The van der Waals surface area contributed by atoms with E-state index in [0.717, 1.165) is 0 Å². The number of hydrogen-bond acceptors (Lipinski definition) is 22. The largest absolute Gasteiger partial charge is 0.508 e. The van der Waals surface area contributed by atoms with Gasteiger partial charge in [0, 0.05) is 117 Å². The van der Waals surface area contributed by atoms with Crippen molar-refractivity contribution in [3.8, 4) is 11.5 Å². The predicted molar refractivity (Wildman–Crippen MR) is 371 cm³/mol. The fourth-order valence-corrected chi connectivity index (χ4v) is 10.5. The number of carbonyl (C=O) groups excluding carboxylic acids is 8. The standard InChI is InChI=1S/C67H101N15O21/c1-2-53(87)70-25-26-73-67(102)78-66(68)72-23-9-14-49(64(100)75-37-44-15-17-47(84)18-16-44)77-65(101)60(45-10-4-3-5-11-45)46-12-8-13-48(36-46)103-35-7-6-22-69-55(89)21-24-71-63(99)50(19-20-54(88)74-38-51(85)61(97)62(98)52(86)43-83)76-56(90)39-79-27-29-80(40-57(91)92)31-33-82(42-59(95)96)34-32-81(30-28-79)41-58(93)94/h3-5,8,10-13,15-18,36,49-52,60-62,83-86,97-98H,2,6-7,9,14,19-35,37-43H2,1H3,(H,69,89)(H,70,87)(H,71,99)(H,74,88)(H,75,100)(H,76,90)(H,77,101)(H,91,92)(H,93,94)(H,95,96)(H4,68,72,73,78,102)/t49-,50+,51+,52-,60+,61-,62-/m1/s1. The summed E-state index contributed by atoms with van der Waals surface area (Å²) < 4.78 is 6.11. The van der Waals surface area contributed by atoms with Crippen molar-refractivity contribution in [1.82, 2.24) is 67.5 Å². The Labute approximate surface area is 596 Å². The lowest BCUT2D eigenvalue weighted by Crippen LogP contribution is -2.52. The molecule has 0 unspecified atom stereocenters. The zero-order valence-electron chi connectivity index (χ0n) is 57.8. The Morgan fingerprint density at radius 1 is 0.515 bits per heavy atom. The van der Waals surface area contributed by atoms with Gasteiger partial charge in [0.1, 0.15) is 41.9 Å². The number of urea groups is 1. The number of ether oxygens (including phenoxy) is 1. The number of nitrogens with zero attached hydrogens (tertiary/aromatic N) is 5. The van der Waals surface area contributed by atoms with Crippen LogP contribution in [-0.2, 0) is 54.5 Å². The van der Waals surface area contributed by atoms with Crippen molar-refractivity contribution in [2.24, 2.45) is 10.7 Å². The summed E-state index contributed by atoms with van der Waals surface area (Å²) >= 11 is 0. The molecule has 1 fully saturated rings. The number of carboxylic acid groups (broad SMARTS) is 3. The third-order valence-corrected chi connectivity index (χ3v) is 16.2. The van der Waals surface area contributed by atoms with E-state index in [1.807, 2.05) is 0 Å². The summed E-state index contributed by atoms with van der Waals surface area (Å²) in [6.45, 7) is 0.0719. The minimum atomic E-state index is -1.99. The molecule has 1 heterocycles. The Morgan fingerprint density at radius 2 is 1.05 bits per heavy atom. The fourth-order valence-electron chi connectivity index (χ4n) is 10.5. The van der Waals surface area contributed by atoms with E-state index in [1.165, 1.54) is 12.1 Å². The first kappa shape index (κ1) is 85.8. The molecule has 0 saturated carbocycles. The molecule has 1 saturated heterocycles. The van der Waals surface area contributed by atoms with Crippen LogP contribution in [0.2, 0.25) is 0 Å². The molecule has 20 N–H and O–H groups in total. The van der Waals surface area contributed by atoms with Crippen molar-refractivity contribution in [3.63, 3.8) is 0 Å². The molecule has 0 aliphatic carbocycles. The van der Waals surface area contributed by atoms with Crippen molar-refractivity contribution in [2.45, 2.75) is 107 Å². The molecule has 36 heteroatoms. The number of carbonyl (C=O) groups is 11. The maximum Gasteiger partial charge on any atom is 0.344 e. The second-order valence-electron chi connectivity index (χ2n) is 24.4. The number of nitrogens with one attached hydrogen (secondary N) is 9. The zero-order chi connectivity index (χ0) is 75.6. The predicted octanol–water partition coefficient (Wildman–Crippen LogP) is -4.68. The number of rotatable bonds is 43. The van der Waals surface area contributed by atoms with Gasteiger partial charge in [-0.05, 0) is 73.1 Å². The Kier molecular flexibility index (Phi) is 39.6. The first-order chi connectivity index (χ1) is 49.2. The number of phenols is 1. The Morgan fingerprint density at radius 3 is 1.64 bits per heavy atom. The number of carboxylic acids is 3. The molecule has 9 amide bonds. The van der Waals surface area contributed by atoms with Crippen LogP contribution in [0.3, 0.4) is 0 Å². The number of benzene rings is 3. The van der Waals surface area contributed by atoms with E-state index < -0.39 is 141 Å². The fraction of sp³-hybridized carbons (Fsp3) is 0.552. The van der Waals surface area contributed by atoms with Gasteiger partial charge in [0.05, 0.1) is 51.4 Å². The van der Waals surface area contributed by atoms with Gasteiger partial charge in [0.2, 0.25) is 41.4 Å². The number of amides is 9. The number of aliphatic imine (C=N–C) groups is 1. The lowest BCUT2D eigenvalue weighted by atomic mass is 9.90. The molecule has 0 bridgehead atoms. The molecule has 1 aliphatic heterocycles. The summed E-state index contributed by atoms with van der Waals surface area (Å²) in [5.74, 6) is -8.03. The van der Waals surface area contributed by atoms with E-state index in [9.17, 15) is 93.6 Å². The van der Waals surface area contributed by atoms with Gasteiger partial charge < -0.3 is 104 Å². The van der Waals surface area contributed by atoms with Gasteiger partial charge in [0.25, 0.3) is 0 Å². The van der Waals surface area contributed by atoms with Gasteiger partial charge in [-0.3, -0.25) is 67.5 Å². The average molecular weight is 1450 g/mol. The van der Waals surface area contributed by atoms with Crippen LogP contribution >= 0.6 is 0 Å². The summed E-state index contributed by atoms with van der Waals surface area (Å²) in [4.78, 5) is 151. The number of nitrogens with two attached hydrogens (primary N) is 1. The van der Waals surface area contributed by atoms with Crippen LogP contribution in [0.25, 0.3) is 0 Å². The minimum Gasteiger partial charge on any atom is -0.508 e. The second-order valence-corrected chi connectivity index (χ2v) is 24.4. The lowest BCUT2D eigenvalue weighted by molar-refractivity contribution is -0.140. The van der Waals surface area contributed by atoms with Crippen molar-refractivity contribution in [1.29, 1.82) is 0 Å². The highest BCUT2D eigenvalue weighted by Crippen LogP contribution is 2.28. The third-order valence-electron chi connectivity index (χ3n) is 16.2. The van der Waals surface area contributed by atoms with Gasteiger partial charge in [-0.1, -0.05) is 61.5 Å². The second kappa shape index (κ2) is 47.5. The third kappa shape index (κ3) is 35.2. The minimum absolute atomic E-state index is 0.0452. The van der Waals surface area contributed by atoms with Crippen LogP contribution in [-0.4, -0.2) is 304 Å². The maximum absolute atomic E-state index is 14.6. The number of phenolic OH excluding ortho intramolecular Hbond substituents is 1. The van der Waals surface area contributed by atoms with Gasteiger partial charge in [-0.2, -0.15) is 4.99 Å². The Bertz CT molecular complexity index is 3180.